The van der Waals surface area contributed by atoms with Gasteiger partial charge in [-0.2, -0.15) is 0 Å². The zero-order valence-corrected chi connectivity index (χ0v) is 13.4. The summed E-state index contributed by atoms with van der Waals surface area (Å²) in [6, 6.07) is 4.32. The molecule has 0 amide bonds. The Balaban J connectivity index is 2.42. The van der Waals surface area contributed by atoms with E-state index >= 15 is 0 Å². The highest BCUT2D eigenvalue weighted by Crippen LogP contribution is 2.16. The summed E-state index contributed by atoms with van der Waals surface area (Å²) in [5, 5.41) is 3.44. The van der Waals surface area contributed by atoms with Gasteiger partial charge in [0.25, 0.3) is 0 Å². The molecule has 1 N–H and O–H groups in total. The fourth-order valence-electron chi connectivity index (χ4n) is 1.72. The molecule has 20 heavy (non-hydrogen) atoms. The van der Waals surface area contributed by atoms with Crippen LogP contribution in [0.25, 0.3) is 0 Å². The van der Waals surface area contributed by atoms with Crippen LogP contribution in [0, 0.1) is 0 Å². The van der Waals surface area contributed by atoms with Gasteiger partial charge in [0.05, 0.1) is 12.2 Å². The van der Waals surface area contributed by atoms with E-state index in [1.165, 1.54) is 5.56 Å². The van der Waals surface area contributed by atoms with Crippen LogP contribution in [0.5, 0.6) is 5.88 Å². The van der Waals surface area contributed by atoms with Crippen LogP contribution >= 0.6 is 0 Å². The van der Waals surface area contributed by atoms with Crippen molar-refractivity contribution < 1.29 is 9.47 Å². The average Bonchev–Trinajstić information content (AvgIpc) is 2.45. The van der Waals surface area contributed by atoms with Gasteiger partial charge in [0.1, 0.15) is 0 Å². The number of ether oxygens (including phenoxy) is 2. The molecule has 0 fully saturated rings. The van der Waals surface area contributed by atoms with Gasteiger partial charge in [-0.05, 0) is 39.3 Å². The van der Waals surface area contributed by atoms with Crippen LogP contribution < -0.4 is 10.1 Å². The van der Waals surface area contributed by atoms with Crippen LogP contribution in [0.3, 0.4) is 0 Å². The zero-order valence-electron chi connectivity index (χ0n) is 13.4. The van der Waals surface area contributed by atoms with Crippen molar-refractivity contribution in [2.45, 2.75) is 52.2 Å². The Hall–Kier alpha value is -1.13. The van der Waals surface area contributed by atoms with Crippen molar-refractivity contribution >= 4 is 0 Å². The Labute approximate surface area is 122 Å². The van der Waals surface area contributed by atoms with Crippen molar-refractivity contribution in [3.05, 3.63) is 23.9 Å². The normalized spacial score (nSPS) is 13.2. The molecule has 4 heteroatoms. The SMILES string of the molecule is CCCNC(C)c1ccc(OCCC(C)(C)OC)nc1. The van der Waals surface area contributed by atoms with Crippen molar-refractivity contribution in [1.82, 2.24) is 10.3 Å². The van der Waals surface area contributed by atoms with E-state index in [1.807, 2.05) is 26.1 Å². The average molecular weight is 280 g/mol. The van der Waals surface area contributed by atoms with E-state index in [1.54, 1.807) is 7.11 Å². The number of pyridine rings is 1. The molecule has 0 saturated carbocycles. The van der Waals surface area contributed by atoms with E-state index in [0.29, 0.717) is 18.5 Å². The van der Waals surface area contributed by atoms with Gasteiger partial charge in [0.15, 0.2) is 0 Å². The van der Waals surface area contributed by atoms with Crippen molar-refractivity contribution in [1.29, 1.82) is 0 Å². The predicted molar refractivity (Wildman–Crippen MR) is 82.1 cm³/mol. The molecule has 0 aliphatic heterocycles. The van der Waals surface area contributed by atoms with E-state index in [2.05, 4.69) is 30.2 Å². The van der Waals surface area contributed by atoms with Crippen LogP contribution in [0.4, 0.5) is 0 Å². The zero-order chi connectivity index (χ0) is 15.0. The second-order valence-electron chi connectivity index (χ2n) is 5.67. The second-order valence-corrected chi connectivity index (χ2v) is 5.67. The monoisotopic (exact) mass is 280 g/mol. The number of nitrogens with zero attached hydrogens (tertiary/aromatic N) is 1. The van der Waals surface area contributed by atoms with Gasteiger partial charge < -0.3 is 14.8 Å². The Morgan fingerprint density at radius 2 is 2.10 bits per heavy atom. The van der Waals surface area contributed by atoms with Crippen LogP contribution in [0.2, 0.25) is 0 Å². The summed E-state index contributed by atoms with van der Waals surface area (Å²) < 4.78 is 11.0. The highest BCUT2D eigenvalue weighted by atomic mass is 16.5. The van der Waals surface area contributed by atoms with Crippen LogP contribution in [-0.2, 0) is 4.74 Å². The summed E-state index contributed by atoms with van der Waals surface area (Å²) in [6.07, 6.45) is 3.85. The maximum absolute atomic E-state index is 5.65. The third-order valence-electron chi connectivity index (χ3n) is 3.47. The van der Waals surface area contributed by atoms with E-state index in [4.69, 9.17) is 9.47 Å². The minimum Gasteiger partial charge on any atom is -0.478 e. The fourth-order valence-corrected chi connectivity index (χ4v) is 1.72. The van der Waals surface area contributed by atoms with Gasteiger partial charge in [-0.25, -0.2) is 4.98 Å². The number of methoxy groups -OCH3 is 1. The van der Waals surface area contributed by atoms with Crippen LogP contribution in [0.1, 0.15) is 52.1 Å². The van der Waals surface area contributed by atoms with Crippen molar-refractivity contribution in [3.63, 3.8) is 0 Å². The lowest BCUT2D eigenvalue weighted by atomic mass is 10.1. The minimum atomic E-state index is -0.154. The van der Waals surface area contributed by atoms with Gasteiger partial charge in [0, 0.05) is 31.8 Å². The number of aromatic nitrogens is 1. The summed E-state index contributed by atoms with van der Waals surface area (Å²) in [4.78, 5) is 4.35. The highest BCUT2D eigenvalue weighted by molar-refractivity contribution is 5.20. The van der Waals surface area contributed by atoms with Gasteiger partial charge in [-0.1, -0.05) is 13.0 Å². The molecular weight excluding hydrogens is 252 g/mol. The maximum atomic E-state index is 5.65. The number of hydrogen-bond donors (Lipinski definition) is 1. The van der Waals surface area contributed by atoms with Crippen LogP contribution in [-0.4, -0.2) is 30.8 Å². The molecule has 1 aromatic heterocycles. The molecule has 0 saturated heterocycles. The first-order valence-electron chi connectivity index (χ1n) is 7.36. The van der Waals surface area contributed by atoms with Crippen molar-refractivity contribution in [2.24, 2.45) is 0 Å². The first kappa shape index (κ1) is 16.9. The van der Waals surface area contributed by atoms with Gasteiger partial charge in [-0.3, -0.25) is 0 Å². The van der Waals surface area contributed by atoms with Gasteiger partial charge in [0.2, 0.25) is 5.88 Å². The van der Waals surface area contributed by atoms with Crippen molar-refractivity contribution in [2.75, 3.05) is 20.3 Å². The second kappa shape index (κ2) is 8.22. The molecule has 0 spiro atoms. The smallest absolute Gasteiger partial charge is 0.213 e. The standard InChI is InChI=1S/C16H28N2O2/c1-6-10-17-13(2)14-7-8-15(18-12-14)20-11-9-16(3,4)19-5/h7-8,12-13,17H,6,9-11H2,1-5H3. The number of hydrogen-bond acceptors (Lipinski definition) is 4. The first-order chi connectivity index (χ1) is 9.48. The van der Waals surface area contributed by atoms with E-state index < -0.39 is 0 Å². The van der Waals surface area contributed by atoms with Gasteiger partial charge >= 0.3 is 0 Å². The molecule has 4 nitrogen and oxygen atoms in total. The van der Waals surface area contributed by atoms with E-state index in [-0.39, 0.29) is 5.60 Å². The molecule has 0 radical (unpaired) electrons. The maximum Gasteiger partial charge on any atom is 0.213 e. The quantitative estimate of drug-likeness (QED) is 0.753. The molecule has 114 valence electrons. The lowest BCUT2D eigenvalue weighted by molar-refractivity contribution is 0.00508. The third-order valence-corrected chi connectivity index (χ3v) is 3.47. The summed E-state index contributed by atoms with van der Waals surface area (Å²) in [6.45, 7) is 10.0. The molecule has 0 aromatic carbocycles. The molecule has 0 bridgehead atoms. The van der Waals surface area contributed by atoms with Crippen LogP contribution in [0.15, 0.2) is 18.3 Å². The third kappa shape index (κ3) is 5.88. The number of rotatable bonds is 9. The molecule has 1 heterocycles. The summed E-state index contributed by atoms with van der Waals surface area (Å²) in [5.74, 6) is 0.670. The molecule has 1 rings (SSSR count). The lowest BCUT2D eigenvalue weighted by Gasteiger charge is -2.22. The first-order valence-corrected chi connectivity index (χ1v) is 7.36. The summed E-state index contributed by atoms with van der Waals surface area (Å²) in [7, 11) is 1.72. The Kier molecular flexibility index (Phi) is 6.96. The topological polar surface area (TPSA) is 43.4 Å². The highest BCUT2D eigenvalue weighted by Gasteiger charge is 2.16. The lowest BCUT2D eigenvalue weighted by Crippen LogP contribution is -2.25. The predicted octanol–water partition coefficient (Wildman–Crippen LogP) is 3.34. The Morgan fingerprint density at radius 1 is 1.35 bits per heavy atom. The fraction of sp³-hybridized carbons (Fsp3) is 0.688. The molecule has 1 atom stereocenters. The van der Waals surface area contributed by atoms with Crippen molar-refractivity contribution in [3.8, 4) is 5.88 Å². The molecule has 0 aliphatic carbocycles. The molecular formula is C16H28N2O2. The largest absolute Gasteiger partial charge is 0.478 e. The molecule has 1 unspecified atom stereocenters. The Bertz CT molecular complexity index is 377. The molecule has 0 aliphatic rings. The van der Waals surface area contributed by atoms with E-state index in [0.717, 1.165) is 19.4 Å². The summed E-state index contributed by atoms with van der Waals surface area (Å²) >= 11 is 0. The minimum absolute atomic E-state index is 0.154. The Morgan fingerprint density at radius 3 is 2.65 bits per heavy atom. The number of nitrogens with one attached hydrogen (secondary N) is 1. The molecule has 1 aromatic rings. The summed E-state index contributed by atoms with van der Waals surface area (Å²) in [5.41, 5.74) is 1.03. The van der Waals surface area contributed by atoms with Gasteiger partial charge in [-0.15, -0.1) is 0 Å². The van der Waals surface area contributed by atoms with E-state index in [9.17, 15) is 0 Å².